The van der Waals surface area contributed by atoms with Crippen LogP contribution in [-0.4, -0.2) is 22.1 Å². The van der Waals surface area contributed by atoms with Gasteiger partial charge in [-0.25, -0.2) is 4.79 Å². The third-order valence-corrected chi connectivity index (χ3v) is 3.86. The number of aryl methyl sites for hydroxylation is 1. The molecule has 1 amide bonds. The summed E-state index contributed by atoms with van der Waals surface area (Å²) in [5, 5.41) is 21.4. The molecular formula is C20H15NO6. The van der Waals surface area contributed by atoms with E-state index >= 15 is 0 Å². The molecule has 0 aliphatic heterocycles. The summed E-state index contributed by atoms with van der Waals surface area (Å²) < 4.78 is 5.41. The number of amides is 1. The van der Waals surface area contributed by atoms with E-state index in [0.717, 1.165) is 17.7 Å². The van der Waals surface area contributed by atoms with E-state index in [1.54, 1.807) is 12.1 Å². The third-order valence-electron chi connectivity index (χ3n) is 3.86. The summed E-state index contributed by atoms with van der Waals surface area (Å²) >= 11 is 0. The number of nitrogens with one attached hydrogen (secondary N) is 1. The normalized spacial score (nSPS) is 11.0. The minimum absolute atomic E-state index is 0.215. The average Bonchev–Trinajstić information content (AvgIpc) is 2.61. The highest BCUT2D eigenvalue weighted by molar-refractivity contribution is 6.02. The summed E-state index contributed by atoms with van der Waals surface area (Å²) in [6.07, 6.45) is 3.75. The Morgan fingerprint density at radius 2 is 1.93 bits per heavy atom. The molecule has 0 saturated heterocycles. The Bertz CT molecular complexity index is 1140. The van der Waals surface area contributed by atoms with Crippen molar-refractivity contribution >= 4 is 34.6 Å². The number of fused-ring (bicyclic) bond motifs is 1. The van der Waals surface area contributed by atoms with Gasteiger partial charge in [-0.05, 0) is 37.3 Å². The molecule has 0 saturated carbocycles. The number of aromatic hydroxyl groups is 1. The van der Waals surface area contributed by atoms with Crippen molar-refractivity contribution in [2.45, 2.75) is 6.92 Å². The summed E-state index contributed by atoms with van der Waals surface area (Å²) in [6.45, 7) is 1.86. The minimum atomic E-state index is -1.27. The molecule has 0 aliphatic rings. The predicted molar refractivity (Wildman–Crippen MR) is 100.0 cm³/mol. The zero-order chi connectivity index (χ0) is 19.6. The largest absolute Gasteiger partial charge is 0.507 e. The lowest BCUT2D eigenvalue weighted by Crippen LogP contribution is -2.09. The quantitative estimate of drug-likeness (QED) is 0.612. The molecule has 0 spiro atoms. The minimum Gasteiger partial charge on any atom is -0.507 e. The lowest BCUT2D eigenvalue weighted by Gasteiger charge is -2.05. The molecule has 3 N–H and O–H groups in total. The number of carbonyl (C=O) groups excluding carboxylic acids is 1. The predicted octanol–water partition coefficient (Wildman–Crippen LogP) is 3.16. The summed E-state index contributed by atoms with van der Waals surface area (Å²) in [4.78, 5) is 35.3. The van der Waals surface area contributed by atoms with Crippen molar-refractivity contribution in [3.8, 4) is 5.75 Å². The molecule has 1 aromatic heterocycles. The number of aromatic carboxylic acids is 1. The summed E-state index contributed by atoms with van der Waals surface area (Å²) in [5.41, 5.74) is 1.28. The highest BCUT2D eigenvalue weighted by Gasteiger charge is 2.10. The van der Waals surface area contributed by atoms with Gasteiger partial charge in [-0.3, -0.25) is 9.59 Å². The van der Waals surface area contributed by atoms with Crippen LogP contribution in [0.1, 0.15) is 21.5 Å². The van der Waals surface area contributed by atoms with Gasteiger partial charge < -0.3 is 19.9 Å². The number of hydrogen-bond donors (Lipinski definition) is 3. The second-order valence-electron chi connectivity index (χ2n) is 5.88. The lowest BCUT2D eigenvalue weighted by atomic mass is 10.1. The number of phenols is 1. The number of carbonyl (C=O) groups is 2. The SMILES string of the molecule is Cc1ccc2occ(/C=C/C(=O)Nc3ccc(C(=O)O)c(O)c3)c(=O)c2c1. The van der Waals surface area contributed by atoms with E-state index in [-0.39, 0.29) is 22.2 Å². The Hall–Kier alpha value is -3.87. The Balaban J connectivity index is 1.80. The molecule has 0 fully saturated rings. The van der Waals surface area contributed by atoms with Crippen LogP contribution in [0.25, 0.3) is 17.0 Å². The zero-order valence-corrected chi connectivity index (χ0v) is 14.2. The Morgan fingerprint density at radius 3 is 2.63 bits per heavy atom. The first kappa shape index (κ1) is 17.9. The van der Waals surface area contributed by atoms with Crippen molar-refractivity contribution in [1.82, 2.24) is 0 Å². The van der Waals surface area contributed by atoms with Crippen molar-refractivity contribution in [1.29, 1.82) is 0 Å². The monoisotopic (exact) mass is 365 g/mol. The third kappa shape index (κ3) is 3.87. The van der Waals surface area contributed by atoms with E-state index in [2.05, 4.69) is 5.32 Å². The van der Waals surface area contributed by atoms with E-state index in [4.69, 9.17) is 9.52 Å². The van der Waals surface area contributed by atoms with Gasteiger partial charge in [0.25, 0.3) is 0 Å². The fourth-order valence-electron chi connectivity index (χ4n) is 2.51. The number of benzene rings is 2. The molecule has 3 aromatic rings. The van der Waals surface area contributed by atoms with Crippen LogP contribution in [0, 0.1) is 6.92 Å². The van der Waals surface area contributed by atoms with E-state index in [0.29, 0.717) is 11.0 Å². The highest BCUT2D eigenvalue weighted by Crippen LogP contribution is 2.22. The number of hydrogen-bond acceptors (Lipinski definition) is 5. The highest BCUT2D eigenvalue weighted by atomic mass is 16.4. The van der Waals surface area contributed by atoms with Gasteiger partial charge in [0, 0.05) is 17.8 Å². The summed E-state index contributed by atoms with van der Waals surface area (Å²) in [5.74, 6) is -2.29. The van der Waals surface area contributed by atoms with E-state index < -0.39 is 17.6 Å². The number of carboxylic acid groups (broad SMARTS) is 1. The Morgan fingerprint density at radius 1 is 1.15 bits per heavy atom. The number of rotatable bonds is 4. The molecule has 7 nitrogen and oxygen atoms in total. The van der Waals surface area contributed by atoms with Gasteiger partial charge in [0.1, 0.15) is 23.2 Å². The molecule has 7 heteroatoms. The van der Waals surface area contributed by atoms with Crippen molar-refractivity contribution in [2.75, 3.05) is 5.32 Å². The van der Waals surface area contributed by atoms with Crippen LogP contribution >= 0.6 is 0 Å². The molecule has 0 radical (unpaired) electrons. The summed E-state index contributed by atoms with van der Waals surface area (Å²) in [6, 6.07) is 8.91. The fourth-order valence-corrected chi connectivity index (χ4v) is 2.51. The molecule has 0 atom stereocenters. The van der Waals surface area contributed by atoms with Gasteiger partial charge in [-0.15, -0.1) is 0 Å². The lowest BCUT2D eigenvalue weighted by molar-refractivity contribution is -0.111. The second kappa shape index (κ2) is 7.17. The molecule has 3 rings (SSSR count). The van der Waals surface area contributed by atoms with E-state index in [1.807, 2.05) is 13.0 Å². The van der Waals surface area contributed by atoms with Crippen LogP contribution in [-0.2, 0) is 4.79 Å². The van der Waals surface area contributed by atoms with Crippen molar-refractivity contribution in [3.63, 3.8) is 0 Å². The van der Waals surface area contributed by atoms with Crippen LogP contribution in [0.4, 0.5) is 5.69 Å². The van der Waals surface area contributed by atoms with Gasteiger partial charge in [-0.2, -0.15) is 0 Å². The maximum atomic E-state index is 12.5. The van der Waals surface area contributed by atoms with Crippen molar-refractivity contribution in [3.05, 3.63) is 75.7 Å². The molecule has 0 unspecified atom stereocenters. The van der Waals surface area contributed by atoms with Crippen molar-refractivity contribution < 1.29 is 24.2 Å². The Labute approximate surface area is 153 Å². The molecule has 27 heavy (non-hydrogen) atoms. The van der Waals surface area contributed by atoms with E-state index in [1.165, 1.54) is 24.5 Å². The molecule has 2 aromatic carbocycles. The van der Waals surface area contributed by atoms with Gasteiger partial charge in [-0.1, -0.05) is 11.6 Å². The fraction of sp³-hybridized carbons (Fsp3) is 0.0500. The molecule has 136 valence electrons. The first-order chi connectivity index (χ1) is 12.8. The van der Waals surface area contributed by atoms with E-state index in [9.17, 15) is 19.5 Å². The van der Waals surface area contributed by atoms with Crippen LogP contribution in [0.3, 0.4) is 0 Å². The van der Waals surface area contributed by atoms with Gasteiger partial charge in [0.2, 0.25) is 5.91 Å². The molecule has 0 bridgehead atoms. The van der Waals surface area contributed by atoms with Crippen LogP contribution in [0.5, 0.6) is 5.75 Å². The molecule has 0 aliphatic carbocycles. The number of carboxylic acids is 1. The first-order valence-corrected chi connectivity index (χ1v) is 7.92. The Kier molecular flexibility index (Phi) is 4.76. The van der Waals surface area contributed by atoms with Crippen LogP contribution in [0.2, 0.25) is 0 Å². The van der Waals surface area contributed by atoms with Gasteiger partial charge >= 0.3 is 5.97 Å². The van der Waals surface area contributed by atoms with Crippen molar-refractivity contribution in [2.24, 2.45) is 0 Å². The smallest absolute Gasteiger partial charge is 0.339 e. The van der Waals surface area contributed by atoms with Crippen LogP contribution in [0.15, 0.2) is 57.9 Å². The maximum Gasteiger partial charge on any atom is 0.339 e. The molecular weight excluding hydrogens is 350 g/mol. The number of anilines is 1. The van der Waals surface area contributed by atoms with Crippen LogP contribution < -0.4 is 10.7 Å². The zero-order valence-electron chi connectivity index (χ0n) is 14.2. The van der Waals surface area contributed by atoms with Gasteiger partial charge in [0.05, 0.1) is 10.9 Å². The summed E-state index contributed by atoms with van der Waals surface area (Å²) in [7, 11) is 0. The first-order valence-electron chi connectivity index (χ1n) is 7.92. The topological polar surface area (TPSA) is 117 Å². The molecule has 1 heterocycles. The maximum absolute atomic E-state index is 12.5. The average molecular weight is 365 g/mol. The van der Waals surface area contributed by atoms with Gasteiger partial charge in [0.15, 0.2) is 5.43 Å². The second-order valence-corrected chi connectivity index (χ2v) is 5.88. The standard InChI is InChI=1S/C20H15NO6/c1-11-2-6-17-15(8-11)19(24)12(10-27-17)3-7-18(23)21-13-4-5-14(20(25)26)16(22)9-13/h2-10,22H,1H3,(H,21,23)(H,25,26)/b7-3+.